The standard InChI is InChI=1S/C15H17ClN4O.C2H6/c1-4-6-11(12(16)5-2)15(21)18-13-9-20-14(17-13)8-7-10(3)19-20;1-2/h4,6-9H,5H2,1-3H3,(H,18,21);1-2H3/b6-4-,12-11-;. The van der Waals surface area contributed by atoms with Crippen LogP contribution in [-0.4, -0.2) is 20.5 Å². The molecule has 0 aliphatic rings. The van der Waals surface area contributed by atoms with E-state index in [-0.39, 0.29) is 5.91 Å². The van der Waals surface area contributed by atoms with Gasteiger partial charge in [-0.2, -0.15) is 5.10 Å². The summed E-state index contributed by atoms with van der Waals surface area (Å²) in [5, 5.41) is 7.55. The van der Waals surface area contributed by atoms with Gasteiger partial charge in [0.1, 0.15) is 0 Å². The first-order valence-corrected chi connectivity index (χ1v) is 8.08. The molecule has 0 bridgehead atoms. The Kier molecular flexibility index (Phi) is 7.48. The van der Waals surface area contributed by atoms with Gasteiger partial charge in [0.15, 0.2) is 11.5 Å². The highest BCUT2D eigenvalue weighted by Crippen LogP contribution is 2.17. The van der Waals surface area contributed by atoms with E-state index in [2.05, 4.69) is 15.4 Å². The number of allylic oxidation sites excluding steroid dienone is 2. The maximum absolute atomic E-state index is 12.3. The number of imidazole rings is 1. The lowest BCUT2D eigenvalue weighted by atomic mass is 10.2. The lowest BCUT2D eigenvalue weighted by Crippen LogP contribution is -2.14. The van der Waals surface area contributed by atoms with Gasteiger partial charge in [0.2, 0.25) is 0 Å². The van der Waals surface area contributed by atoms with Crippen LogP contribution in [0.3, 0.4) is 0 Å². The zero-order chi connectivity index (χ0) is 17.4. The van der Waals surface area contributed by atoms with Crippen molar-refractivity contribution in [2.24, 2.45) is 0 Å². The van der Waals surface area contributed by atoms with Gasteiger partial charge in [0.25, 0.3) is 5.91 Å². The highest BCUT2D eigenvalue weighted by Gasteiger charge is 2.13. The largest absolute Gasteiger partial charge is 0.305 e. The third kappa shape index (κ3) is 4.93. The van der Waals surface area contributed by atoms with Crippen molar-refractivity contribution in [3.05, 3.63) is 46.8 Å². The molecule has 0 radical (unpaired) electrons. The van der Waals surface area contributed by atoms with E-state index in [1.54, 1.807) is 22.9 Å². The Balaban J connectivity index is 0.00000127. The van der Waals surface area contributed by atoms with Crippen molar-refractivity contribution in [3.63, 3.8) is 0 Å². The molecule has 0 aromatic carbocycles. The van der Waals surface area contributed by atoms with Crippen molar-refractivity contribution in [1.29, 1.82) is 0 Å². The molecular weight excluding hydrogens is 312 g/mol. The highest BCUT2D eigenvalue weighted by molar-refractivity contribution is 6.32. The molecule has 2 aromatic heterocycles. The minimum absolute atomic E-state index is 0.278. The first-order valence-electron chi connectivity index (χ1n) is 7.71. The van der Waals surface area contributed by atoms with E-state index >= 15 is 0 Å². The van der Waals surface area contributed by atoms with Gasteiger partial charge in [-0.15, -0.1) is 0 Å². The second-order valence-corrected chi connectivity index (χ2v) is 4.99. The third-order valence-corrected chi connectivity index (χ3v) is 3.35. The molecule has 5 nitrogen and oxygen atoms in total. The topological polar surface area (TPSA) is 59.3 Å². The van der Waals surface area contributed by atoms with Crippen molar-refractivity contribution in [3.8, 4) is 0 Å². The van der Waals surface area contributed by atoms with E-state index in [1.165, 1.54) is 0 Å². The molecule has 0 spiro atoms. The summed E-state index contributed by atoms with van der Waals surface area (Å²) in [5.41, 5.74) is 2.00. The number of carbonyl (C=O) groups excluding carboxylic acids is 1. The maximum atomic E-state index is 12.3. The van der Waals surface area contributed by atoms with Gasteiger partial charge in [-0.05, 0) is 32.4 Å². The first kappa shape index (κ1) is 18.9. The molecule has 23 heavy (non-hydrogen) atoms. The smallest absolute Gasteiger partial charge is 0.258 e. The van der Waals surface area contributed by atoms with Crippen LogP contribution >= 0.6 is 11.6 Å². The van der Waals surface area contributed by atoms with Crippen molar-refractivity contribution in [2.75, 3.05) is 5.32 Å². The number of hydrogen-bond acceptors (Lipinski definition) is 3. The molecule has 0 aliphatic heterocycles. The average molecular weight is 335 g/mol. The number of anilines is 1. The van der Waals surface area contributed by atoms with E-state index in [9.17, 15) is 4.79 Å². The summed E-state index contributed by atoms with van der Waals surface area (Å²) in [4.78, 5) is 16.6. The fraction of sp³-hybridized carbons (Fsp3) is 0.353. The first-order chi connectivity index (χ1) is 11.0. The number of hydrogen-bond donors (Lipinski definition) is 1. The maximum Gasteiger partial charge on any atom is 0.258 e. The molecule has 2 heterocycles. The van der Waals surface area contributed by atoms with E-state index in [4.69, 9.17) is 11.6 Å². The van der Waals surface area contributed by atoms with Crippen molar-refractivity contribution in [1.82, 2.24) is 14.6 Å². The number of nitrogens with zero attached hydrogens (tertiary/aromatic N) is 3. The number of carbonyl (C=O) groups is 1. The van der Waals surface area contributed by atoms with E-state index < -0.39 is 0 Å². The zero-order valence-corrected chi connectivity index (χ0v) is 15.0. The van der Waals surface area contributed by atoms with Crippen LogP contribution in [-0.2, 0) is 4.79 Å². The van der Waals surface area contributed by atoms with Crippen molar-refractivity contribution in [2.45, 2.75) is 41.0 Å². The lowest BCUT2D eigenvalue weighted by Gasteiger charge is -2.05. The molecular formula is C17H23ClN4O. The lowest BCUT2D eigenvalue weighted by molar-refractivity contribution is -0.112. The molecule has 1 N–H and O–H groups in total. The quantitative estimate of drug-likeness (QED) is 0.662. The van der Waals surface area contributed by atoms with Crippen LogP contribution in [0.25, 0.3) is 5.65 Å². The summed E-state index contributed by atoms with van der Waals surface area (Å²) in [5.74, 6) is 0.167. The normalized spacial score (nSPS) is 11.9. The molecule has 1 amide bonds. The molecule has 6 heteroatoms. The molecule has 124 valence electrons. The summed E-state index contributed by atoms with van der Waals surface area (Å²) in [7, 11) is 0. The molecule has 0 fully saturated rings. The fourth-order valence-electron chi connectivity index (χ4n) is 1.87. The summed E-state index contributed by atoms with van der Waals surface area (Å²) < 4.78 is 1.63. The third-order valence-electron chi connectivity index (χ3n) is 2.88. The van der Waals surface area contributed by atoms with Crippen LogP contribution in [0.2, 0.25) is 0 Å². The van der Waals surface area contributed by atoms with Crippen molar-refractivity contribution < 1.29 is 4.79 Å². The van der Waals surface area contributed by atoms with Crippen LogP contribution in [0.1, 0.15) is 39.8 Å². The molecule has 0 unspecified atom stereocenters. The summed E-state index contributed by atoms with van der Waals surface area (Å²) in [6.07, 6.45) is 5.74. The van der Waals surface area contributed by atoms with Gasteiger partial charge < -0.3 is 5.32 Å². The predicted molar refractivity (Wildman–Crippen MR) is 95.7 cm³/mol. The van der Waals surface area contributed by atoms with E-state index in [0.717, 1.165) is 5.69 Å². The molecule has 0 saturated heterocycles. The number of amides is 1. The van der Waals surface area contributed by atoms with Crippen LogP contribution < -0.4 is 5.32 Å². The van der Waals surface area contributed by atoms with Gasteiger partial charge in [0.05, 0.1) is 17.5 Å². The molecule has 0 aliphatic carbocycles. The van der Waals surface area contributed by atoms with Gasteiger partial charge in [0, 0.05) is 5.03 Å². The summed E-state index contributed by atoms with van der Waals surface area (Å²) in [6, 6.07) is 3.72. The highest BCUT2D eigenvalue weighted by atomic mass is 35.5. The minimum atomic E-state index is -0.278. The Morgan fingerprint density at radius 2 is 2.09 bits per heavy atom. The monoisotopic (exact) mass is 334 g/mol. The van der Waals surface area contributed by atoms with Crippen LogP contribution in [0.4, 0.5) is 5.82 Å². The predicted octanol–water partition coefficient (Wildman–Crippen LogP) is 4.48. The second-order valence-electron chi connectivity index (χ2n) is 4.53. The number of aryl methyl sites for hydroxylation is 1. The summed E-state index contributed by atoms with van der Waals surface area (Å²) in [6.45, 7) is 9.63. The van der Waals surface area contributed by atoms with Crippen LogP contribution in [0.15, 0.2) is 41.1 Å². The Bertz CT molecular complexity index is 731. The number of rotatable bonds is 4. The number of halogens is 1. The van der Waals surface area contributed by atoms with Crippen LogP contribution in [0, 0.1) is 6.92 Å². The Labute approximate surface area is 142 Å². The van der Waals surface area contributed by atoms with E-state index in [1.807, 2.05) is 46.8 Å². The fourth-order valence-corrected chi connectivity index (χ4v) is 2.02. The number of aromatic nitrogens is 3. The molecule has 0 atom stereocenters. The SMILES string of the molecule is C/C=C\C(C(=O)Nc1cn2nc(C)ccc2n1)=C(\Cl)CC.CC. The second kappa shape index (κ2) is 9.10. The van der Waals surface area contributed by atoms with Crippen molar-refractivity contribution >= 4 is 29.0 Å². The van der Waals surface area contributed by atoms with Crippen LogP contribution in [0.5, 0.6) is 0 Å². The molecule has 0 saturated carbocycles. The Morgan fingerprint density at radius 3 is 2.70 bits per heavy atom. The number of nitrogens with one attached hydrogen (secondary N) is 1. The summed E-state index contributed by atoms with van der Waals surface area (Å²) >= 11 is 6.10. The number of fused-ring (bicyclic) bond motifs is 1. The Hall–Kier alpha value is -2.14. The average Bonchev–Trinajstić information content (AvgIpc) is 2.94. The minimum Gasteiger partial charge on any atom is -0.305 e. The molecule has 2 rings (SSSR count). The van der Waals surface area contributed by atoms with Gasteiger partial charge in [-0.25, -0.2) is 9.50 Å². The van der Waals surface area contributed by atoms with Gasteiger partial charge in [-0.1, -0.05) is 44.5 Å². The molecule has 2 aromatic rings. The van der Waals surface area contributed by atoms with Gasteiger partial charge in [-0.3, -0.25) is 4.79 Å². The zero-order valence-electron chi connectivity index (χ0n) is 14.2. The Morgan fingerprint density at radius 1 is 1.39 bits per heavy atom. The van der Waals surface area contributed by atoms with Gasteiger partial charge >= 0.3 is 0 Å². The van der Waals surface area contributed by atoms with E-state index in [0.29, 0.717) is 28.5 Å².